The van der Waals surface area contributed by atoms with Gasteiger partial charge >= 0.3 is 0 Å². The zero-order valence-corrected chi connectivity index (χ0v) is 17.6. The van der Waals surface area contributed by atoms with Gasteiger partial charge in [-0.05, 0) is 36.4 Å². The number of nitrogens with one attached hydrogen (secondary N) is 1. The third-order valence-corrected chi connectivity index (χ3v) is 5.37. The first-order valence-corrected chi connectivity index (χ1v) is 9.90. The monoisotopic (exact) mass is 427 g/mol. The lowest BCUT2D eigenvalue weighted by Gasteiger charge is -2.12. The van der Waals surface area contributed by atoms with Gasteiger partial charge in [0, 0.05) is 22.8 Å². The first-order chi connectivity index (χ1) is 13.9. The lowest BCUT2D eigenvalue weighted by molar-refractivity contribution is -0.112. The van der Waals surface area contributed by atoms with Gasteiger partial charge in [0.15, 0.2) is 0 Å². The van der Waals surface area contributed by atoms with Crippen LogP contribution < -0.4 is 10.1 Å². The average Bonchev–Trinajstić information content (AvgIpc) is 3.35. The van der Waals surface area contributed by atoms with Crippen LogP contribution >= 0.6 is 22.9 Å². The first kappa shape index (κ1) is 20.6. The summed E-state index contributed by atoms with van der Waals surface area (Å²) in [5, 5.41) is 21.8. The van der Waals surface area contributed by atoms with Crippen LogP contribution in [0.1, 0.15) is 30.5 Å². The molecule has 3 aromatic rings. The molecule has 0 aliphatic rings. The molecule has 0 radical (unpaired) electrons. The molecule has 0 aliphatic heterocycles. The first-order valence-electron chi connectivity index (χ1n) is 8.70. The topological polar surface area (TPSA) is 92.8 Å². The van der Waals surface area contributed by atoms with Crippen LogP contribution in [0.4, 0.5) is 5.13 Å². The minimum Gasteiger partial charge on any atom is -0.495 e. The Morgan fingerprint density at radius 1 is 1.38 bits per heavy atom. The highest BCUT2D eigenvalue weighted by Gasteiger charge is 2.16. The lowest BCUT2D eigenvalue weighted by Crippen LogP contribution is -2.13. The van der Waals surface area contributed by atoms with Gasteiger partial charge in [0.2, 0.25) is 5.13 Å². The van der Waals surface area contributed by atoms with Crippen molar-refractivity contribution in [3.63, 3.8) is 0 Å². The van der Waals surface area contributed by atoms with E-state index in [-0.39, 0.29) is 11.5 Å². The number of benzene rings is 1. The van der Waals surface area contributed by atoms with Gasteiger partial charge in [-0.1, -0.05) is 36.8 Å². The second-order valence-corrected chi connectivity index (χ2v) is 7.79. The Morgan fingerprint density at radius 2 is 2.17 bits per heavy atom. The Kier molecular flexibility index (Phi) is 6.32. The molecule has 1 aromatic carbocycles. The number of aromatic nitrogens is 3. The smallest absolute Gasteiger partial charge is 0.268 e. The highest BCUT2D eigenvalue weighted by molar-refractivity contribution is 7.15. The van der Waals surface area contributed by atoms with Gasteiger partial charge in [-0.2, -0.15) is 5.26 Å². The van der Waals surface area contributed by atoms with Crippen molar-refractivity contribution >= 4 is 40.1 Å². The number of ether oxygens (including phenoxy) is 1. The maximum Gasteiger partial charge on any atom is 0.268 e. The number of amides is 1. The van der Waals surface area contributed by atoms with E-state index in [1.807, 2.05) is 19.9 Å². The lowest BCUT2D eigenvalue weighted by atomic mass is 10.2. The van der Waals surface area contributed by atoms with E-state index in [4.69, 9.17) is 16.3 Å². The molecule has 7 nitrogen and oxygen atoms in total. The van der Waals surface area contributed by atoms with Gasteiger partial charge in [0.05, 0.1) is 12.8 Å². The fourth-order valence-corrected chi connectivity index (χ4v) is 3.47. The number of carbonyl (C=O) groups is 1. The molecule has 29 heavy (non-hydrogen) atoms. The van der Waals surface area contributed by atoms with Crippen LogP contribution in [0.3, 0.4) is 0 Å². The van der Waals surface area contributed by atoms with Crippen LogP contribution in [0, 0.1) is 11.3 Å². The zero-order valence-electron chi connectivity index (χ0n) is 16.0. The third-order valence-electron chi connectivity index (χ3n) is 3.99. The molecule has 2 aromatic heterocycles. The van der Waals surface area contributed by atoms with Gasteiger partial charge in [-0.15, -0.1) is 10.2 Å². The quantitative estimate of drug-likeness (QED) is 0.456. The van der Waals surface area contributed by atoms with Gasteiger partial charge < -0.3 is 9.30 Å². The normalized spacial score (nSPS) is 11.4. The highest BCUT2D eigenvalue weighted by atomic mass is 35.5. The summed E-state index contributed by atoms with van der Waals surface area (Å²) in [6, 6.07) is 10.8. The summed E-state index contributed by atoms with van der Waals surface area (Å²) >= 11 is 7.41. The number of anilines is 1. The molecule has 0 bridgehead atoms. The van der Waals surface area contributed by atoms with Crippen LogP contribution in [0.15, 0.2) is 42.1 Å². The number of hydrogen-bond donors (Lipinski definition) is 1. The number of rotatable bonds is 6. The largest absolute Gasteiger partial charge is 0.495 e. The van der Waals surface area contributed by atoms with Gasteiger partial charge in [0.25, 0.3) is 5.91 Å². The molecule has 0 saturated heterocycles. The summed E-state index contributed by atoms with van der Waals surface area (Å²) in [5.41, 5.74) is 1.25. The zero-order chi connectivity index (χ0) is 21.0. The molecule has 0 atom stereocenters. The highest BCUT2D eigenvalue weighted by Crippen LogP contribution is 2.29. The van der Waals surface area contributed by atoms with Crippen molar-refractivity contribution in [1.29, 1.82) is 5.26 Å². The summed E-state index contributed by atoms with van der Waals surface area (Å²) in [4.78, 5) is 12.6. The summed E-state index contributed by atoms with van der Waals surface area (Å²) in [7, 11) is 1.56. The molecular formula is C20H18ClN5O2S. The van der Waals surface area contributed by atoms with Crippen LogP contribution in [0.5, 0.6) is 5.75 Å². The fourth-order valence-electron chi connectivity index (χ4n) is 2.56. The van der Waals surface area contributed by atoms with E-state index in [0.717, 1.165) is 5.01 Å². The molecule has 0 spiro atoms. The minimum absolute atomic E-state index is 0.0627. The average molecular weight is 428 g/mol. The molecule has 0 unspecified atom stereocenters. The summed E-state index contributed by atoms with van der Waals surface area (Å²) in [5.74, 6) is 0.267. The second-order valence-electron chi connectivity index (χ2n) is 6.34. The van der Waals surface area contributed by atoms with Crippen LogP contribution in [-0.2, 0) is 4.79 Å². The number of nitrogens with zero attached hydrogens (tertiary/aromatic N) is 4. The van der Waals surface area contributed by atoms with Crippen molar-refractivity contribution in [3.8, 4) is 17.5 Å². The number of hydrogen-bond acceptors (Lipinski definition) is 6. The van der Waals surface area contributed by atoms with Crippen molar-refractivity contribution in [2.45, 2.75) is 19.8 Å². The van der Waals surface area contributed by atoms with E-state index in [9.17, 15) is 10.1 Å². The minimum atomic E-state index is -0.551. The predicted molar refractivity (Wildman–Crippen MR) is 114 cm³/mol. The van der Waals surface area contributed by atoms with Crippen LogP contribution in [-0.4, -0.2) is 27.8 Å². The molecule has 0 aliphatic carbocycles. The Hall–Kier alpha value is -3.15. The molecule has 2 heterocycles. The molecule has 1 amide bonds. The number of methoxy groups -OCH3 is 1. The van der Waals surface area contributed by atoms with Crippen molar-refractivity contribution in [3.05, 3.63) is 57.8 Å². The number of carbonyl (C=O) groups excluding carboxylic acids is 1. The summed E-state index contributed by atoms with van der Waals surface area (Å²) in [6.45, 7) is 3.98. The number of nitriles is 1. The Bertz CT molecular complexity index is 1110. The number of halogens is 1. The fraction of sp³-hybridized carbons (Fsp3) is 0.200. The Labute approximate surface area is 177 Å². The van der Waals surface area contributed by atoms with Gasteiger partial charge in [-0.3, -0.25) is 10.1 Å². The van der Waals surface area contributed by atoms with Crippen molar-refractivity contribution in [2.75, 3.05) is 12.4 Å². The molecule has 9 heteroatoms. The van der Waals surface area contributed by atoms with Crippen molar-refractivity contribution < 1.29 is 9.53 Å². The maximum absolute atomic E-state index is 12.6. The van der Waals surface area contributed by atoms with Crippen molar-refractivity contribution in [1.82, 2.24) is 14.8 Å². The van der Waals surface area contributed by atoms with E-state index < -0.39 is 5.91 Å². The molecule has 3 rings (SSSR count). The SMILES string of the molecule is COc1ccc(Cl)cc1-n1cccc1C=C(C#N)C(=O)Nc1nnc(C(C)C)s1. The summed E-state index contributed by atoms with van der Waals surface area (Å²) < 4.78 is 7.19. The molecule has 1 N–H and O–H groups in total. The second kappa shape index (κ2) is 8.90. The standard InChI is InChI=1S/C20H18ClN5O2S/c1-12(2)19-24-25-20(29-19)23-18(27)13(11-22)9-15-5-4-8-26(15)16-10-14(21)6-7-17(16)28-3/h4-10,12H,1-3H3,(H,23,25,27). The van der Waals surface area contributed by atoms with E-state index in [2.05, 4.69) is 15.5 Å². The van der Waals surface area contributed by atoms with E-state index >= 15 is 0 Å². The molecule has 0 saturated carbocycles. The predicted octanol–water partition coefficient (Wildman–Crippen LogP) is 4.66. The summed E-state index contributed by atoms with van der Waals surface area (Å²) in [6.07, 6.45) is 3.30. The Morgan fingerprint density at radius 3 is 2.83 bits per heavy atom. The third kappa shape index (κ3) is 4.65. The van der Waals surface area contributed by atoms with Crippen molar-refractivity contribution in [2.24, 2.45) is 0 Å². The van der Waals surface area contributed by atoms with E-state index in [1.54, 1.807) is 48.2 Å². The molecular weight excluding hydrogens is 410 g/mol. The Balaban J connectivity index is 1.91. The molecule has 0 fully saturated rings. The van der Waals surface area contributed by atoms with Crippen LogP contribution in [0.2, 0.25) is 5.02 Å². The van der Waals surface area contributed by atoms with Gasteiger partial charge in [-0.25, -0.2) is 0 Å². The van der Waals surface area contributed by atoms with Crippen LogP contribution in [0.25, 0.3) is 11.8 Å². The molecule has 148 valence electrons. The van der Waals surface area contributed by atoms with E-state index in [0.29, 0.717) is 27.3 Å². The van der Waals surface area contributed by atoms with Gasteiger partial charge in [0.1, 0.15) is 22.4 Å². The van der Waals surface area contributed by atoms with E-state index in [1.165, 1.54) is 17.4 Å². The maximum atomic E-state index is 12.6.